The van der Waals surface area contributed by atoms with Gasteiger partial charge in [-0.05, 0) is 48.5 Å². The Labute approximate surface area is 154 Å². The summed E-state index contributed by atoms with van der Waals surface area (Å²) in [6.45, 7) is 4.00. The summed E-state index contributed by atoms with van der Waals surface area (Å²) < 4.78 is 8.48. The molecule has 136 valence electrons. The zero-order valence-corrected chi connectivity index (χ0v) is 15.5. The largest absolute Gasteiger partial charge is 0.497 e. The number of hydrogen-bond acceptors (Lipinski definition) is 7. The first-order valence-corrected chi connectivity index (χ1v) is 8.96. The second-order valence-electron chi connectivity index (χ2n) is 5.66. The Hall–Kier alpha value is -2.88. The maximum atomic E-state index is 12.2. The molecule has 0 aliphatic rings. The molecule has 0 fully saturated rings. The molecule has 0 saturated heterocycles. The molecule has 0 unspecified atom stereocenters. The third kappa shape index (κ3) is 4.02. The summed E-state index contributed by atoms with van der Waals surface area (Å²) in [6, 6.07) is 9.27. The molecule has 0 atom stereocenters. The Morgan fingerprint density at radius 2 is 2.04 bits per heavy atom. The quantitative estimate of drug-likeness (QED) is 0.634. The van der Waals surface area contributed by atoms with Gasteiger partial charge in [-0.1, -0.05) is 11.8 Å². The number of methoxy groups -OCH3 is 1. The van der Waals surface area contributed by atoms with Gasteiger partial charge < -0.3 is 10.1 Å². The van der Waals surface area contributed by atoms with Gasteiger partial charge in [-0.2, -0.15) is 9.78 Å². The van der Waals surface area contributed by atoms with Crippen LogP contribution in [0, 0.1) is 0 Å². The lowest BCUT2D eigenvalue weighted by atomic mass is 10.3. The molecule has 3 aromatic rings. The maximum Gasteiger partial charge on any atom is 0.235 e. The van der Waals surface area contributed by atoms with Crippen LogP contribution in [-0.4, -0.2) is 48.8 Å². The number of ether oxygens (including phenoxy) is 1. The van der Waals surface area contributed by atoms with Crippen molar-refractivity contribution in [3.05, 3.63) is 36.5 Å². The van der Waals surface area contributed by atoms with Gasteiger partial charge in [0.2, 0.25) is 11.1 Å². The normalized spacial score (nSPS) is 10.9. The van der Waals surface area contributed by atoms with E-state index < -0.39 is 0 Å². The molecule has 1 N–H and O–H groups in total. The highest BCUT2D eigenvalue weighted by atomic mass is 32.2. The molecule has 2 aromatic heterocycles. The van der Waals surface area contributed by atoms with Gasteiger partial charge in [0, 0.05) is 12.1 Å². The van der Waals surface area contributed by atoms with Crippen LogP contribution in [0.4, 0.5) is 5.82 Å². The van der Waals surface area contributed by atoms with Crippen LogP contribution < -0.4 is 10.1 Å². The van der Waals surface area contributed by atoms with E-state index in [-0.39, 0.29) is 17.7 Å². The van der Waals surface area contributed by atoms with E-state index in [1.165, 1.54) is 11.8 Å². The van der Waals surface area contributed by atoms with Crippen molar-refractivity contribution < 1.29 is 9.53 Å². The lowest BCUT2D eigenvalue weighted by Crippen LogP contribution is -2.18. The number of nitrogens with one attached hydrogen (secondary N) is 1. The number of nitrogens with zero attached hydrogens (tertiary/aromatic N) is 6. The highest BCUT2D eigenvalue weighted by Gasteiger charge is 2.14. The van der Waals surface area contributed by atoms with E-state index in [4.69, 9.17) is 4.74 Å². The molecule has 0 aliphatic heterocycles. The van der Waals surface area contributed by atoms with E-state index in [0.717, 1.165) is 11.4 Å². The summed E-state index contributed by atoms with van der Waals surface area (Å²) >= 11 is 1.26. The predicted molar refractivity (Wildman–Crippen MR) is 97.7 cm³/mol. The number of thioether (sulfide) groups is 1. The van der Waals surface area contributed by atoms with Gasteiger partial charge in [0.1, 0.15) is 11.6 Å². The molecule has 10 heteroatoms. The molecule has 0 aliphatic carbocycles. The highest BCUT2D eigenvalue weighted by molar-refractivity contribution is 7.99. The predicted octanol–water partition coefficient (Wildman–Crippen LogP) is 2.18. The van der Waals surface area contributed by atoms with Crippen LogP contribution in [0.5, 0.6) is 5.75 Å². The number of tetrazole rings is 1. The van der Waals surface area contributed by atoms with E-state index in [1.807, 2.05) is 38.1 Å². The fourth-order valence-corrected chi connectivity index (χ4v) is 2.98. The number of hydrogen-bond donors (Lipinski definition) is 1. The molecule has 3 rings (SSSR count). The van der Waals surface area contributed by atoms with Crippen molar-refractivity contribution in [3.8, 4) is 11.4 Å². The summed E-state index contributed by atoms with van der Waals surface area (Å²) in [6.07, 6.45) is 1.66. The third-order valence-electron chi connectivity index (χ3n) is 3.52. The van der Waals surface area contributed by atoms with Gasteiger partial charge in [-0.15, -0.1) is 5.10 Å². The smallest absolute Gasteiger partial charge is 0.235 e. The van der Waals surface area contributed by atoms with Crippen molar-refractivity contribution in [1.29, 1.82) is 0 Å². The Kier molecular flexibility index (Phi) is 5.52. The van der Waals surface area contributed by atoms with Crippen LogP contribution in [0.2, 0.25) is 0 Å². The van der Waals surface area contributed by atoms with E-state index in [0.29, 0.717) is 11.0 Å². The van der Waals surface area contributed by atoms with E-state index >= 15 is 0 Å². The number of carbonyl (C=O) groups is 1. The average Bonchev–Trinajstić information content (AvgIpc) is 3.29. The van der Waals surface area contributed by atoms with Crippen molar-refractivity contribution in [1.82, 2.24) is 30.0 Å². The van der Waals surface area contributed by atoms with Gasteiger partial charge in [0.05, 0.1) is 24.7 Å². The van der Waals surface area contributed by atoms with Crippen LogP contribution >= 0.6 is 11.8 Å². The lowest BCUT2D eigenvalue weighted by Gasteiger charge is -2.11. The minimum absolute atomic E-state index is 0.151. The summed E-state index contributed by atoms with van der Waals surface area (Å²) in [5.74, 6) is 1.44. The summed E-state index contributed by atoms with van der Waals surface area (Å²) in [5, 5.41) is 19.2. The summed E-state index contributed by atoms with van der Waals surface area (Å²) in [7, 11) is 1.61. The molecule has 0 spiro atoms. The Balaban J connectivity index is 1.64. The first-order valence-electron chi connectivity index (χ1n) is 7.97. The van der Waals surface area contributed by atoms with Crippen molar-refractivity contribution >= 4 is 23.5 Å². The fraction of sp³-hybridized carbons (Fsp3) is 0.312. The summed E-state index contributed by atoms with van der Waals surface area (Å²) in [5.41, 5.74) is 0.789. The molecule has 1 aromatic carbocycles. The summed E-state index contributed by atoms with van der Waals surface area (Å²) in [4.78, 5) is 12.2. The zero-order chi connectivity index (χ0) is 18.5. The number of benzene rings is 1. The van der Waals surface area contributed by atoms with E-state index in [2.05, 4.69) is 25.9 Å². The standard InChI is InChI=1S/C16H19N7O2S/c1-11(2)22-14(8-9-17-22)18-15(24)10-26-16-19-20-21-23(16)12-4-6-13(25-3)7-5-12/h4-9,11H,10H2,1-3H3,(H,18,24). The number of amides is 1. The molecular weight excluding hydrogens is 354 g/mol. The van der Waals surface area contributed by atoms with Crippen LogP contribution in [0.15, 0.2) is 41.7 Å². The minimum Gasteiger partial charge on any atom is -0.497 e. The zero-order valence-electron chi connectivity index (χ0n) is 14.7. The highest BCUT2D eigenvalue weighted by Crippen LogP contribution is 2.21. The number of rotatable bonds is 7. The monoisotopic (exact) mass is 373 g/mol. The van der Waals surface area contributed by atoms with Crippen LogP contribution in [0.1, 0.15) is 19.9 Å². The van der Waals surface area contributed by atoms with Crippen LogP contribution in [-0.2, 0) is 4.79 Å². The number of carbonyl (C=O) groups excluding carboxylic acids is 1. The second-order valence-corrected chi connectivity index (χ2v) is 6.61. The van der Waals surface area contributed by atoms with Gasteiger partial charge in [0.25, 0.3) is 0 Å². The topological polar surface area (TPSA) is 99.8 Å². The van der Waals surface area contributed by atoms with E-state index in [9.17, 15) is 4.79 Å². The van der Waals surface area contributed by atoms with Crippen LogP contribution in [0.25, 0.3) is 5.69 Å². The molecule has 0 bridgehead atoms. The van der Waals surface area contributed by atoms with Gasteiger partial charge in [-0.25, -0.2) is 4.68 Å². The molecule has 9 nitrogen and oxygen atoms in total. The fourth-order valence-electron chi connectivity index (χ4n) is 2.29. The van der Waals surface area contributed by atoms with Gasteiger partial charge >= 0.3 is 0 Å². The van der Waals surface area contributed by atoms with Crippen molar-refractivity contribution in [2.24, 2.45) is 0 Å². The first kappa shape index (κ1) is 17.9. The van der Waals surface area contributed by atoms with Crippen molar-refractivity contribution in [3.63, 3.8) is 0 Å². The lowest BCUT2D eigenvalue weighted by molar-refractivity contribution is -0.113. The van der Waals surface area contributed by atoms with Crippen molar-refractivity contribution in [2.75, 3.05) is 18.2 Å². The SMILES string of the molecule is COc1ccc(-n2nnnc2SCC(=O)Nc2ccnn2C(C)C)cc1. The maximum absolute atomic E-state index is 12.2. The van der Waals surface area contributed by atoms with Crippen LogP contribution in [0.3, 0.4) is 0 Å². The van der Waals surface area contributed by atoms with Crippen molar-refractivity contribution in [2.45, 2.75) is 25.0 Å². The number of anilines is 1. The molecule has 0 radical (unpaired) electrons. The van der Waals surface area contributed by atoms with E-state index in [1.54, 1.807) is 28.7 Å². The molecule has 26 heavy (non-hydrogen) atoms. The molecule has 1 amide bonds. The van der Waals surface area contributed by atoms with Gasteiger partial charge in [-0.3, -0.25) is 4.79 Å². The molecule has 0 saturated carbocycles. The Morgan fingerprint density at radius 3 is 2.73 bits per heavy atom. The molecule has 2 heterocycles. The van der Waals surface area contributed by atoms with Gasteiger partial charge in [0.15, 0.2) is 0 Å². The molecular formula is C16H19N7O2S. The second kappa shape index (κ2) is 8.00. The Bertz CT molecular complexity index is 873. The minimum atomic E-state index is -0.151. The third-order valence-corrected chi connectivity index (χ3v) is 4.44. The number of aromatic nitrogens is 6. The Morgan fingerprint density at radius 1 is 1.27 bits per heavy atom. The average molecular weight is 373 g/mol. The first-order chi connectivity index (χ1) is 12.6.